The molecular weight excluding hydrogens is 223 g/mol. The van der Waals surface area contributed by atoms with E-state index >= 15 is 0 Å². The molecular formula is C9H10ClO3P. The predicted molar refractivity (Wildman–Crippen MR) is 55.2 cm³/mol. The average molecular weight is 233 g/mol. The maximum Gasteiger partial charge on any atom is 0.361 e. The Hall–Kier alpha value is -0.340. The van der Waals surface area contributed by atoms with Gasteiger partial charge in [0.15, 0.2) is 0 Å². The third-order valence-electron chi connectivity index (χ3n) is 1.95. The molecule has 0 spiro atoms. The summed E-state index contributed by atoms with van der Waals surface area (Å²) in [6.07, 6.45) is 0.789. The fraction of sp³-hybridized carbons (Fsp3) is 0.333. The zero-order valence-corrected chi connectivity index (χ0v) is 9.13. The van der Waals surface area contributed by atoms with Crippen LogP contribution in [0.1, 0.15) is 6.42 Å². The van der Waals surface area contributed by atoms with Crippen LogP contribution in [0.2, 0.25) is 5.02 Å². The van der Waals surface area contributed by atoms with Crippen molar-refractivity contribution in [3.8, 4) is 0 Å². The van der Waals surface area contributed by atoms with Gasteiger partial charge in [-0.2, -0.15) is 0 Å². The van der Waals surface area contributed by atoms with Crippen LogP contribution < -0.4 is 5.30 Å². The number of hydrogen-bond acceptors (Lipinski definition) is 3. The fourth-order valence-corrected chi connectivity index (χ4v) is 2.99. The van der Waals surface area contributed by atoms with E-state index in [1.165, 1.54) is 0 Å². The zero-order valence-electron chi connectivity index (χ0n) is 7.48. The van der Waals surface area contributed by atoms with Crippen molar-refractivity contribution in [2.75, 3.05) is 13.2 Å². The summed E-state index contributed by atoms with van der Waals surface area (Å²) in [6, 6.07) is 6.71. The van der Waals surface area contributed by atoms with Crippen LogP contribution in [-0.4, -0.2) is 13.2 Å². The van der Waals surface area contributed by atoms with Gasteiger partial charge in [-0.1, -0.05) is 11.6 Å². The van der Waals surface area contributed by atoms with Gasteiger partial charge in [0.05, 0.1) is 18.5 Å². The van der Waals surface area contributed by atoms with Gasteiger partial charge in [0.2, 0.25) is 0 Å². The molecule has 14 heavy (non-hydrogen) atoms. The van der Waals surface area contributed by atoms with E-state index in [9.17, 15) is 4.57 Å². The van der Waals surface area contributed by atoms with Crippen LogP contribution in [0.15, 0.2) is 24.3 Å². The molecule has 0 bridgehead atoms. The Morgan fingerprint density at radius 1 is 1.14 bits per heavy atom. The highest BCUT2D eigenvalue weighted by atomic mass is 35.5. The molecule has 0 unspecified atom stereocenters. The molecule has 3 nitrogen and oxygen atoms in total. The lowest BCUT2D eigenvalue weighted by molar-refractivity contribution is 0.154. The molecule has 2 rings (SSSR count). The first-order chi connectivity index (χ1) is 6.71. The van der Waals surface area contributed by atoms with Crippen LogP contribution in [0.4, 0.5) is 0 Å². The van der Waals surface area contributed by atoms with Crippen molar-refractivity contribution in [2.45, 2.75) is 6.42 Å². The average Bonchev–Trinajstić information content (AvgIpc) is 2.19. The van der Waals surface area contributed by atoms with Gasteiger partial charge in [-0.25, -0.2) is 0 Å². The summed E-state index contributed by atoms with van der Waals surface area (Å²) in [4.78, 5) is 0. The predicted octanol–water partition coefficient (Wildman–Crippen LogP) is 2.60. The quantitative estimate of drug-likeness (QED) is 0.698. The van der Waals surface area contributed by atoms with Crippen LogP contribution >= 0.6 is 19.2 Å². The molecule has 1 fully saturated rings. The molecule has 0 aliphatic carbocycles. The number of rotatable bonds is 1. The summed E-state index contributed by atoms with van der Waals surface area (Å²) in [5.74, 6) is 0. The summed E-state index contributed by atoms with van der Waals surface area (Å²) in [6.45, 7) is 0.972. The lowest BCUT2D eigenvalue weighted by atomic mass is 10.4. The van der Waals surface area contributed by atoms with Crippen LogP contribution in [0.3, 0.4) is 0 Å². The Balaban J connectivity index is 2.28. The molecule has 0 N–H and O–H groups in total. The van der Waals surface area contributed by atoms with Crippen molar-refractivity contribution in [1.82, 2.24) is 0 Å². The largest absolute Gasteiger partial charge is 0.361 e. The SMILES string of the molecule is O=P1(c2ccc(Cl)cc2)OCCCO1. The first kappa shape index (κ1) is 10.2. The molecule has 1 aromatic rings. The van der Waals surface area contributed by atoms with Crippen molar-refractivity contribution in [3.63, 3.8) is 0 Å². The number of benzene rings is 1. The lowest BCUT2D eigenvalue weighted by Gasteiger charge is -2.22. The minimum atomic E-state index is -3.04. The van der Waals surface area contributed by atoms with E-state index in [2.05, 4.69) is 0 Å². The summed E-state index contributed by atoms with van der Waals surface area (Å²) in [7, 11) is -3.04. The zero-order chi connectivity index (χ0) is 10.0. The van der Waals surface area contributed by atoms with Crippen LogP contribution in [0.5, 0.6) is 0 Å². The van der Waals surface area contributed by atoms with Gasteiger partial charge in [-0.05, 0) is 30.7 Å². The standard InChI is InChI=1S/C9H10ClO3P/c10-8-2-4-9(5-3-8)14(11)12-6-1-7-13-14/h2-5H,1,6-7H2. The smallest absolute Gasteiger partial charge is 0.305 e. The van der Waals surface area contributed by atoms with Crippen LogP contribution in [-0.2, 0) is 13.6 Å². The Labute approximate surface area is 87.5 Å². The van der Waals surface area contributed by atoms with E-state index in [1.807, 2.05) is 0 Å². The monoisotopic (exact) mass is 232 g/mol. The molecule has 0 saturated carbocycles. The maximum absolute atomic E-state index is 12.1. The van der Waals surface area contributed by atoms with Gasteiger partial charge < -0.3 is 9.05 Å². The minimum Gasteiger partial charge on any atom is -0.305 e. The fourth-order valence-electron chi connectivity index (χ4n) is 1.24. The Kier molecular flexibility index (Phi) is 2.93. The van der Waals surface area contributed by atoms with E-state index in [0.717, 1.165) is 6.42 Å². The maximum atomic E-state index is 12.1. The van der Waals surface area contributed by atoms with Crippen molar-refractivity contribution in [3.05, 3.63) is 29.3 Å². The second-order valence-corrected chi connectivity index (χ2v) is 5.46. The third kappa shape index (κ3) is 2.01. The normalized spacial score (nSPS) is 20.6. The van der Waals surface area contributed by atoms with Gasteiger partial charge in [0.25, 0.3) is 0 Å². The topological polar surface area (TPSA) is 35.5 Å². The number of hydrogen-bond donors (Lipinski definition) is 0. The van der Waals surface area contributed by atoms with Gasteiger partial charge in [-0.3, -0.25) is 4.57 Å². The van der Waals surface area contributed by atoms with Crippen molar-refractivity contribution < 1.29 is 13.6 Å². The molecule has 1 heterocycles. The molecule has 76 valence electrons. The number of halogens is 1. The van der Waals surface area contributed by atoms with Gasteiger partial charge >= 0.3 is 7.60 Å². The van der Waals surface area contributed by atoms with Crippen molar-refractivity contribution >= 4 is 24.5 Å². The highest BCUT2D eigenvalue weighted by molar-refractivity contribution is 7.62. The summed E-state index contributed by atoms with van der Waals surface area (Å²) < 4.78 is 22.4. The molecule has 1 saturated heterocycles. The van der Waals surface area contributed by atoms with Gasteiger partial charge in [0, 0.05) is 5.02 Å². The lowest BCUT2D eigenvalue weighted by Crippen LogP contribution is -2.16. The molecule has 5 heteroatoms. The summed E-state index contributed by atoms with van der Waals surface area (Å²) >= 11 is 5.72. The Morgan fingerprint density at radius 2 is 1.71 bits per heavy atom. The van der Waals surface area contributed by atoms with Crippen LogP contribution in [0.25, 0.3) is 0 Å². The van der Waals surface area contributed by atoms with Gasteiger partial charge in [-0.15, -0.1) is 0 Å². The highest BCUT2D eigenvalue weighted by Crippen LogP contribution is 2.49. The first-order valence-corrected chi connectivity index (χ1v) is 6.28. The van der Waals surface area contributed by atoms with E-state index in [0.29, 0.717) is 23.5 Å². The third-order valence-corrected chi connectivity index (χ3v) is 4.18. The molecule has 0 radical (unpaired) electrons. The van der Waals surface area contributed by atoms with E-state index < -0.39 is 7.60 Å². The van der Waals surface area contributed by atoms with E-state index in [-0.39, 0.29) is 0 Å². The first-order valence-electron chi connectivity index (χ1n) is 4.36. The second-order valence-electron chi connectivity index (χ2n) is 2.99. The second kappa shape index (κ2) is 4.03. The minimum absolute atomic E-state index is 0.486. The van der Waals surface area contributed by atoms with E-state index in [1.54, 1.807) is 24.3 Å². The van der Waals surface area contributed by atoms with Crippen molar-refractivity contribution in [1.29, 1.82) is 0 Å². The molecule has 0 atom stereocenters. The molecule has 1 aromatic carbocycles. The highest BCUT2D eigenvalue weighted by Gasteiger charge is 2.29. The van der Waals surface area contributed by atoms with Crippen molar-refractivity contribution in [2.24, 2.45) is 0 Å². The Bertz CT molecular complexity index is 353. The van der Waals surface area contributed by atoms with Gasteiger partial charge in [0.1, 0.15) is 0 Å². The van der Waals surface area contributed by atoms with Crippen LogP contribution in [0, 0.1) is 0 Å². The summed E-state index contributed by atoms with van der Waals surface area (Å²) in [5, 5.41) is 1.18. The summed E-state index contributed by atoms with van der Waals surface area (Å²) in [5.41, 5.74) is 0. The molecule has 1 aliphatic heterocycles. The Morgan fingerprint density at radius 3 is 2.29 bits per heavy atom. The molecule has 0 aromatic heterocycles. The van der Waals surface area contributed by atoms with E-state index in [4.69, 9.17) is 20.6 Å². The molecule has 1 aliphatic rings. The molecule has 0 amide bonds.